The van der Waals surface area contributed by atoms with Gasteiger partial charge in [-0.25, -0.2) is 0 Å². The van der Waals surface area contributed by atoms with Gasteiger partial charge in [0.15, 0.2) is 0 Å². The minimum Gasteiger partial charge on any atom is -0.266 e. The van der Waals surface area contributed by atoms with E-state index in [2.05, 4.69) is 5.10 Å². The molecule has 1 aromatic heterocycles. The van der Waals surface area contributed by atoms with Crippen molar-refractivity contribution in [3.63, 3.8) is 0 Å². The molecule has 0 fully saturated rings. The maximum atomic E-state index is 12.0. The van der Waals surface area contributed by atoms with Crippen molar-refractivity contribution in [1.29, 1.82) is 0 Å². The lowest BCUT2D eigenvalue weighted by atomic mass is 10.1. The van der Waals surface area contributed by atoms with Crippen molar-refractivity contribution in [3.05, 3.63) is 55.9 Å². The highest BCUT2D eigenvalue weighted by Gasteiger charge is 2.14. The van der Waals surface area contributed by atoms with Crippen LogP contribution in [-0.2, 0) is 12.8 Å². The molecule has 3 nitrogen and oxygen atoms in total. The predicted octanol–water partition coefficient (Wildman–Crippen LogP) is 3.03. The molecule has 0 spiro atoms. The van der Waals surface area contributed by atoms with Crippen LogP contribution in [0.5, 0.6) is 0 Å². The Kier molecular flexibility index (Phi) is 2.88. The van der Waals surface area contributed by atoms with E-state index in [0.29, 0.717) is 0 Å². The zero-order valence-electron chi connectivity index (χ0n) is 9.49. The second-order valence-corrected chi connectivity index (χ2v) is 5.12. The summed E-state index contributed by atoms with van der Waals surface area (Å²) in [4.78, 5) is 12.0. The Labute approximate surface area is 114 Å². The monoisotopic (exact) mass is 280 g/mol. The van der Waals surface area contributed by atoms with E-state index >= 15 is 0 Å². The van der Waals surface area contributed by atoms with E-state index in [9.17, 15) is 4.79 Å². The molecule has 18 heavy (non-hydrogen) atoms. The largest absolute Gasteiger partial charge is 0.291 e. The van der Waals surface area contributed by atoms with Crippen molar-refractivity contribution in [1.82, 2.24) is 9.78 Å². The van der Waals surface area contributed by atoms with Crippen molar-refractivity contribution < 1.29 is 0 Å². The van der Waals surface area contributed by atoms with E-state index < -0.39 is 0 Å². The molecule has 0 saturated carbocycles. The van der Waals surface area contributed by atoms with Gasteiger partial charge in [-0.05, 0) is 42.5 Å². The van der Waals surface area contributed by atoms with E-state index in [0.717, 1.165) is 18.5 Å². The lowest BCUT2D eigenvalue weighted by Gasteiger charge is -2.07. The molecule has 0 amide bonds. The summed E-state index contributed by atoms with van der Waals surface area (Å²) in [5.74, 6) is 0. The molecule has 92 valence electrons. The zero-order valence-corrected chi connectivity index (χ0v) is 11.0. The molecule has 3 rings (SSSR count). The number of fused-ring (bicyclic) bond motifs is 1. The number of hydrogen-bond donors (Lipinski definition) is 0. The summed E-state index contributed by atoms with van der Waals surface area (Å²) in [5, 5.41) is 4.21. The van der Waals surface area contributed by atoms with Gasteiger partial charge in [0.25, 0.3) is 5.56 Å². The van der Waals surface area contributed by atoms with Crippen LogP contribution in [0, 0.1) is 0 Å². The molecular formula is C13H10Cl2N2O. The molecule has 0 atom stereocenters. The van der Waals surface area contributed by atoms with Crippen LogP contribution in [0.2, 0.25) is 10.0 Å². The van der Waals surface area contributed by atoms with Gasteiger partial charge in [0.1, 0.15) is 5.02 Å². The van der Waals surface area contributed by atoms with Crippen LogP contribution in [0.1, 0.15) is 17.5 Å². The van der Waals surface area contributed by atoms with Crippen LogP contribution in [-0.4, -0.2) is 9.78 Å². The van der Waals surface area contributed by atoms with Crippen molar-refractivity contribution >= 4 is 23.2 Å². The average molecular weight is 281 g/mol. The van der Waals surface area contributed by atoms with Gasteiger partial charge in [0.2, 0.25) is 0 Å². The lowest BCUT2D eigenvalue weighted by Crippen LogP contribution is -2.21. The Bertz CT molecular complexity index is 679. The Balaban J connectivity index is 2.16. The lowest BCUT2D eigenvalue weighted by molar-refractivity contribution is 0.805. The third-order valence-electron chi connectivity index (χ3n) is 3.20. The number of benzene rings is 1. The third kappa shape index (κ3) is 1.84. The Morgan fingerprint density at radius 3 is 2.78 bits per heavy atom. The molecule has 2 aromatic rings. The molecule has 1 aliphatic rings. The van der Waals surface area contributed by atoms with E-state index in [1.165, 1.54) is 28.4 Å². The van der Waals surface area contributed by atoms with Gasteiger partial charge in [-0.15, -0.1) is 0 Å². The van der Waals surface area contributed by atoms with Crippen LogP contribution < -0.4 is 5.56 Å². The highest BCUT2D eigenvalue weighted by molar-refractivity contribution is 6.41. The van der Waals surface area contributed by atoms with Crippen LogP contribution in [0.25, 0.3) is 5.69 Å². The molecule has 0 radical (unpaired) electrons. The van der Waals surface area contributed by atoms with Gasteiger partial charge in [-0.1, -0.05) is 29.3 Å². The normalized spacial score (nSPS) is 13.7. The molecule has 0 aliphatic heterocycles. The first-order valence-corrected chi connectivity index (χ1v) is 6.48. The molecule has 0 unspecified atom stereocenters. The number of aryl methyl sites for hydroxylation is 2. The molecule has 1 heterocycles. The van der Waals surface area contributed by atoms with Gasteiger partial charge in [0, 0.05) is 0 Å². The second kappa shape index (κ2) is 4.41. The molecule has 0 bridgehead atoms. The van der Waals surface area contributed by atoms with Crippen molar-refractivity contribution in [3.8, 4) is 5.69 Å². The van der Waals surface area contributed by atoms with Crippen molar-refractivity contribution in [2.45, 2.75) is 19.3 Å². The van der Waals surface area contributed by atoms with Crippen LogP contribution >= 0.6 is 23.2 Å². The molecular weight excluding hydrogens is 271 g/mol. The maximum absolute atomic E-state index is 12.0. The SMILES string of the molecule is O=c1c(Cl)c(Cl)cnn1-c1ccc2c(c1)CCC2. The summed E-state index contributed by atoms with van der Waals surface area (Å²) in [7, 11) is 0. The zero-order chi connectivity index (χ0) is 12.7. The van der Waals surface area contributed by atoms with E-state index in [1.54, 1.807) is 0 Å². The minimum atomic E-state index is -0.387. The summed E-state index contributed by atoms with van der Waals surface area (Å²) in [6, 6.07) is 5.94. The van der Waals surface area contributed by atoms with Crippen molar-refractivity contribution in [2.24, 2.45) is 0 Å². The van der Waals surface area contributed by atoms with Crippen LogP contribution in [0.15, 0.2) is 29.2 Å². The van der Waals surface area contributed by atoms with Gasteiger partial charge in [0.05, 0.1) is 16.9 Å². The molecule has 0 saturated heterocycles. The van der Waals surface area contributed by atoms with Gasteiger partial charge in [-0.2, -0.15) is 9.78 Å². The summed E-state index contributed by atoms with van der Waals surface area (Å²) in [6.45, 7) is 0. The van der Waals surface area contributed by atoms with Crippen LogP contribution in [0.3, 0.4) is 0 Å². The first-order chi connectivity index (χ1) is 8.66. The maximum Gasteiger partial charge on any atom is 0.291 e. The predicted molar refractivity (Wildman–Crippen MR) is 71.9 cm³/mol. The Morgan fingerprint density at radius 2 is 1.94 bits per heavy atom. The average Bonchev–Trinajstić information content (AvgIpc) is 2.83. The Hall–Kier alpha value is -1.32. The van der Waals surface area contributed by atoms with Gasteiger partial charge >= 0.3 is 0 Å². The van der Waals surface area contributed by atoms with Gasteiger partial charge in [-0.3, -0.25) is 4.79 Å². The van der Waals surface area contributed by atoms with E-state index in [1.807, 2.05) is 18.2 Å². The topological polar surface area (TPSA) is 34.9 Å². The molecule has 5 heteroatoms. The molecule has 1 aliphatic carbocycles. The quantitative estimate of drug-likeness (QED) is 0.805. The highest BCUT2D eigenvalue weighted by atomic mass is 35.5. The van der Waals surface area contributed by atoms with Crippen molar-refractivity contribution in [2.75, 3.05) is 0 Å². The fourth-order valence-corrected chi connectivity index (χ4v) is 2.54. The summed E-state index contributed by atoms with van der Waals surface area (Å²) >= 11 is 11.6. The fourth-order valence-electron chi connectivity index (χ4n) is 2.29. The number of halogens is 2. The number of nitrogens with zero attached hydrogens (tertiary/aromatic N) is 2. The van der Waals surface area contributed by atoms with Crippen LogP contribution in [0.4, 0.5) is 0 Å². The number of hydrogen-bond acceptors (Lipinski definition) is 2. The van der Waals surface area contributed by atoms with E-state index in [-0.39, 0.29) is 15.6 Å². The van der Waals surface area contributed by atoms with Gasteiger partial charge < -0.3 is 0 Å². The first-order valence-electron chi connectivity index (χ1n) is 5.72. The summed E-state index contributed by atoms with van der Waals surface area (Å²) in [5.41, 5.74) is 2.99. The first kappa shape index (κ1) is 11.8. The molecule has 1 aromatic carbocycles. The van der Waals surface area contributed by atoms with E-state index in [4.69, 9.17) is 23.2 Å². The molecule has 0 N–H and O–H groups in total. The smallest absolute Gasteiger partial charge is 0.266 e. The Morgan fingerprint density at radius 1 is 1.17 bits per heavy atom. The number of aromatic nitrogens is 2. The summed E-state index contributed by atoms with van der Waals surface area (Å²) < 4.78 is 1.28. The standard InChI is InChI=1S/C13H10Cl2N2O/c14-11-7-16-17(13(18)12(11)15)10-5-4-8-2-1-3-9(8)6-10/h4-7H,1-3H2. The third-order valence-corrected chi connectivity index (χ3v) is 3.95. The summed E-state index contributed by atoms with van der Waals surface area (Å²) in [6.07, 6.45) is 4.72. The minimum absolute atomic E-state index is 0.00663. The second-order valence-electron chi connectivity index (χ2n) is 4.33. The highest BCUT2D eigenvalue weighted by Crippen LogP contribution is 2.24. The number of rotatable bonds is 1. The fraction of sp³-hybridized carbons (Fsp3) is 0.231.